The van der Waals surface area contributed by atoms with E-state index in [0.717, 1.165) is 5.56 Å². The molecule has 1 aromatic carbocycles. The zero-order chi connectivity index (χ0) is 35.2. The molecule has 3 fully saturated rings. The Bertz CT molecular complexity index is 1460. The molecular weight excluding hydrogens is 640 g/mol. The maximum atomic E-state index is 13.0. The van der Waals surface area contributed by atoms with Crippen LogP contribution in [0.3, 0.4) is 0 Å². The van der Waals surface area contributed by atoms with Crippen LogP contribution in [-0.4, -0.2) is 72.7 Å². The molecule has 1 heterocycles. The van der Waals surface area contributed by atoms with Crippen molar-refractivity contribution in [2.24, 2.45) is 34.0 Å². The van der Waals surface area contributed by atoms with Gasteiger partial charge in [0.15, 0.2) is 0 Å². The summed E-state index contributed by atoms with van der Waals surface area (Å²) in [6.07, 6.45) is 1.67. The predicted octanol–water partition coefficient (Wildman–Crippen LogP) is 5.40. The first-order chi connectivity index (χ1) is 22.5. The molecule has 48 heavy (non-hydrogen) atoms. The molecule has 1 unspecified atom stereocenters. The Hall–Kier alpha value is -2.95. The Kier molecular flexibility index (Phi) is 10.1. The monoisotopic (exact) mass is 688 g/mol. The third-order valence-electron chi connectivity index (χ3n) is 12.2. The number of aliphatic hydroxyl groups is 1. The van der Waals surface area contributed by atoms with Crippen molar-refractivity contribution >= 4 is 35.5 Å². The molecule has 1 aromatic rings. The van der Waals surface area contributed by atoms with E-state index in [1.807, 2.05) is 44.2 Å². The normalized spacial score (nSPS) is 38.4. The smallest absolute Gasteiger partial charge is 0.303 e. The quantitative estimate of drug-likeness (QED) is 0.204. The summed E-state index contributed by atoms with van der Waals surface area (Å²) in [5, 5.41) is 13.5. The summed E-state index contributed by atoms with van der Waals surface area (Å²) in [6, 6.07) is 7.55. The van der Waals surface area contributed by atoms with Crippen LogP contribution < -0.4 is 0 Å². The second kappa shape index (κ2) is 13.4. The Balaban J connectivity index is 1.68. The number of rotatable bonds is 9. The van der Waals surface area contributed by atoms with Gasteiger partial charge in [0.1, 0.15) is 18.3 Å². The number of hydrogen-bond acceptors (Lipinski definition) is 10. The highest BCUT2D eigenvalue weighted by Gasteiger charge is 2.76. The number of benzene rings is 1. The number of carbonyl (C=O) groups excluding carboxylic acids is 4. The van der Waals surface area contributed by atoms with Gasteiger partial charge in [-0.15, -0.1) is 0 Å². The lowest BCUT2D eigenvalue weighted by atomic mass is 9.36. The zero-order valence-electron chi connectivity index (χ0n) is 29.0. The van der Waals surface area contributed by atoms with Crippen LogP contribution >= 0.6 is 11.6 Å². The lowest BCUT2D eigenvalue weighted by Crippen LogP contribution is -2.74. The van der Waals surface area contributed by atoms with E-state index in [4.69, 9.17) is 35.3 Å². The zero-order valence-corrected chi connectivity index (χ0v) is 29.8. The van der Waals surface area contributed by atoms with Crippen LogP contribution in [0.5, 0.6) is 0 Å². The fraction of sp³-hybridized carbons (Fsp3) is 0.676. The number of carbonyl (C=O) groups is 4. The molecule has 4 aliphatic rings. The van der Waals surface area contributed by atoms with Crippen LogP contribution in [0.2, 0.25) is 5.02 Å². The van der Waals surface area contributed by atoms with Crippen molar-refractivity contribution in [1.29, 1.82) is 0 Å². The van der Waals surface area contributed by atoms with E-state index in [1.54, 1.807) is 0 Å². The van der Waals surface area contributed by atoms with E-state index in [-0.39, 0.29) is 19.1 Å². The number of aryl methyl sites for hydroxylation is 1. The Morgan fingerprint density at radius 2 is 1.56 bits per heavy atom. The lowest BCUT2D eigenvalue weighted by molar-refractivity contribution is -0.287. The molecule has 0 bridgehead atoms. The van der Waals surface area contributed by atoms with Gasteiger partial charge in [-0.25, -0.2) is 0 Å². The molecule has 10 atom stereocenters. The van der Waals surface area contributed by atoms with Crippen LogP contribution in [-0.2, 0) is 49.3 Å². The predicted molar refractivity (Wildman–Crippen MR) is 176 cm³/mol. The van der Waals surface area contributed by atoms with Gasteiger partial charge < -0.3 is 28.8 Å². The van der Waals surface area contributed by atoms with Gasteiger partial charge in [-0.2, -0.15) is 0 Å². The molecule has 10 nitrogen and oxygen atoms in total. The van der Waals surface area contributed by atoms with Crippen molar-refractivity contribution in [2.75, 3.05) is 19.8 Å². The Morgan fingerprint density at radius 1 is 0.917 bits per heavy atom. The summed E-state index contributed by atoms with van der Waals surface area (Å²) in [6.45, 7) is 12.0. The summed E-state index contributed by atoms with van der Waals surface area (Å²) in [5.74, 6) is -3.17. The van der Waals surface area contributed by atoms with Gasteiger partial charge in [0.2, 0.25) is 0 Å². The van der Waals surface area contributed by atoms with E-state index < -0.39 is 75.9 Å². The first-order valence-corrected chi connectivity index (χ1v) is 17.3. The van der Waals surface area contributed by atoms with Crippen molar-refractivity contribution in [3.8, 4) is 0 Å². The van der Waals surface area contributed by atoms with E-state index in [0.29, 0.717) is 49.3 Å². The molecule has 1 N–H and O–H groups in total. The standard InChI is InChI=1S/C37H49ClO10/c1-21-18-30(46-23(3)40)35(7)28(37(21,43)15-12-26-8-10-27(38)11-9-26)13-14-34(6)29-19-44-20-36(29,16-17-45-22(2)39)33(48-25(5)42)31(32(34)35)47-24(4)41/h8-11,18,28-33,43H,12-17,19-20H2,1-7H3/t28-,29+,30-,31+,32?,33+,34+,35-,36+,37-/m1/s1. The van der Waals surface area contributed by atoms with Crippen LogP contribution in [0.15, 0.2) is 35.9 Å². The van der Waals surface area contributed by atoms with Crippen LogP contribution in [0.4, 0.5) is 0 Å². The number of ether oxygens (including phenoxy) is 5. The van der Waals surface area contributed by atoms with Crippen LogP contribution in [0, 0.1) is 34.0 Å². The first kappa shape index (κ1) is 36.3. The van der Waals surface area contributed by atoms with E-state index in [9.17, 15) is 24.3 Å². The summed E-state index contributed by atoms with van der Waals surface area (Å²) >= 11 is 6.14. The Labute approximate surface area is 287 Å². The number of fused-ring (bicyclic) bond motifs is 5. The molecule has 0 amide bonds. The van der Waals surface area contributed by atoms with Crippen LogP contribution in [0.1, 0.15) is 79.7 Å². The topological polar surface area (TPSA) is 135 Å². The highest BCUT2D eigenvalue weighted by molar-refractivity contribution is 6.30. The van der Waals surface area contributed by atoms with E-state index in [2.05, 4.69) is 6.92 Å². The molecule has 1 aliphatic heterocycles. The highest BCUT2D eigenvalue weighted by atomic mass is 35.5. The highest BCUT2D eigenvalue weighted by Crippen LogP contribution is 2.72. The average Bonchev–Trinajstić information content (AvgIpc) is 3.43. The summed E-state index contributed by atoms with van der Waals surface area (Å²) in [7, 11) is 0. The molecule has 264 valence electrons. The molecule has 5 rings (SSSR count). The van der Waals surface area contributed by atoms with Gasteiger partial charge in [0, 0.05) is 55.4 Å². The van der Waals surface area contributed by atoms with Crippen molar-refractivity contribution in [3.05, 3.63) is 46.5 Å². The second-order valence-electron chi connectivity index (χ2n) is 14.9. The molecule has 2 saturated carbocycles. The van der Waals surface area contributed by atoms with Gasteiger partial charge in [0.25, 0.3) is 0 Å². The molecule has 0 radical (unpaired) electrons. The Morgan fingerprint density at radius 3 is 2.17 bits per heavy atom. The van der Waals surface area contributed by atoms with Crippen LogP contribution in [0.25, 0.3) is 0 Å². The van der Waals surface area contributed by atoms with Crippen molar-refractivity contribution < 1.29 is 48.0 Å². The third-order valence-corrected chi connectivity index (χ3v) is 12.4. The maximum Gasteiger partial charge on any atom is 0.303 e. The van der Waals surface area contributed by atoms with Crippen molar-refractivity contribution in [2.45, 2.75) is 104 Å². The number of hydrogen-bond donors (Lipinski definition) is 1. The SMILES string of the molecule is CC(=O)OCC[C@]12COC[C@H]1[C@]1(C)CC[C@@H]3[C@@](C)(C1[C@H](OC(C)=O)[C@@H]2OC(C)=O)[C@H](OC(C)=O)C=C(C)[C@]3(O)CCc1ccc(Cl)cc1. The fourth-order valence-electron chi connectivity index (χ4n) is 10.3. The second-order valence-corrected chi connectivity index (χ2v) is 15.3. The molecular formula is C37H49ClO10. The number of esters is 4. The van der Waals surface area contributed by atoms with Gasteiger partial charge in [-0.05, 0) is 79.7 Å². The van der Waals surface area contributed by atoms with Gasteiger partial charge >= 0.3 is 23.9 Å². The summed E-state index contributed by atoms with van der Waals surface area (Å²) < 4.78 is 30.2. The first-order valence-electron chi connectivity index (χ1n) is 16.9. The molecule has 0 aromatic heterocycles. The van der Waals surface area contributed by atoms with Gasteiger partial charge in [0.05, 0.1) is 25.4 Å². The largest absolute Gasteiger partial charge is 0.466 e. The molecule has 11 heteroatoms. The van der Waals surface area contributed by atoms with Crippen molar-refractivity contribution in [3.63, 3.8) is 0 Å². The summed E-state index contributed by atoms with van der Waals surface area (Å²) in [4.78, 5) is 50.4. The third kappa shape index (κ3) is 6.17. The lowest BCUT2D eigenvalue weighted by Gasteiger charge is -2.70. The molecule has 3 aliphatic carbocycles. The minimum Gasteiger partial charge on any atom is -0.466 e. The van der Waals surface area contributed by atoms with Crippen molar-refractivity contribution in [1.82, 2.24) is 0 Å². The van der Waals surface area contributed by atoms with E-state index >= 15 is 0 Å². The summed E-state index contributed by atoms with van der Waals surface area (Å²) in [5.41, 5.74) is -1.96. The maximum absolute atomic E-state index is 13.0. The number of halogens is 1. The minimum absolute atomic E-state index is 0.0723. The van der Waals surface area contributed by atoms with E-state index in [1.165, 1.54) is 27.7 Å². The average molecular weight is 689 g/mol. The van der Waals surface area contributed by atoms with Gasteiger partial charge in [-0.1, -0.05) is 37.6 Å². The fourth-order valence-corrected chi connectivity index (χ4v) is 10.5. The molecule has 1 saturated heterocycles. The minimum atomic E-state index is -1.29. The molecule has 0 spiro atoms. The van der Waals surface area contributed by atoms with Gasteiger partial charge in [-0.3, -0.25) is 19.2 Å².